The van der Waals surface area contributed by atoms with Crippen molar-refractivity contribution in [3.63, 3.8) is 0 Å². The van der Waals surface area contributed by atoms with Crippen LogP contribution in [0.1, 0.15) is 28.2 Å². The summed E-state index contributed by atoms with van der Waals surface area (Å²) in [4.78, 5) is 28.8. The molecular weight excluding hydrogens is 328 g/mol. The third kappa shape index (κ3) is 3.94. The van der Waals surface area contributed by atoms with Gasteiger partial charge in [-0.25, -0.2) is 4.79 Å². The van der Waals surface area contributed by atoms with Gasteiger partial charge in [-0.1, -0.05) is 11.2 Å². The van der Waals surface area contributed by atoms with Gasteiger partial charge in [0.1, 0.15) is 12.0 Å². The highest BCUT2D eigenvalue weighted by atomic mass is 32.1. The van der Waals surface area contributed by atoms with Crippen molar-refractivity contribution in [3.05, 3.63) is 40.4 Å². The van der Waals surface area contributed by atoms with E-state index in [1.165, 1.54) is 17.6 Å². The van der Waals surface area contributed by atoms with Gasteiger partial charge in [-0.3, -0.25) is 4.79 Å². The first-order valence-electron chi connectivity index (χ1n) is 7.87. The molecule has 3 rings (SSSR count). The topological polar surface area (TPSA) is 78.7 Å². The molecule has 2 aromatic heterocycles. The molecule has 0 spiro atoms. The van der Waals surface area contributed by atoms with Crippen molar-refractivity contribution >= 4 is 23.3 Å². The number of carbonyl (C=O) groups excluding carboxylic acids is 2. The zero-order valence-electron chi connectivity index (χ0n) is 13.5. The summed E-state index contributed by atoms with van der Waals surface area (Å²) in [6.07, 6.45) is 3.24. The van der Waals surface area contributed by atoms with Gasteiger partial charge in [0.15, 0.2) is 0 Å². The van der Waals surface area contributed by atoms with Crippen molar-refractivity contribution in [3.8, 4) is 0 Å². The van der Waals surface area contributed by atoms with Crippen molar-refractivity contribution in [2.75, 3.05) is 20.1 Å². The number of piperidine rings is 1. The number of likely N-dealkylation sites (tertiary alicyclic amines) is 1. The standard InChI is InChI=1S/C16H20N4O3S/c1-19(10-13-6-8-23-18-13)16(22)17-12-4-2-7-20(11-12)15(21)14-5-3-9-24-14/h3,5-6,8-9,12H,2,4,7,10-11H2,1H3,(H,17,22)/t12-/m0/s1. The lowest BCUT2D eigenvalue weighted by atomic mass is 10.1. The number of thiophene rings is 1. The van der Waals surface area contributed by atoms with Crippen LogP contribution < -0.4 is 5.32 Å². The molecular formula is C16H20N4O3S. The van der Waals surface area contributed by atoms with E-state index < -0.39 is 0 Å². The molecule has 0 aliphatic carbocycles. The number of hydrogen-bond donors (Lipinski definition) is 1. The van der Waals surface area contributed by atoms with Crippen LogP contribution in [-0.4, -0.2) is 53.1 Å². The van der Waals surface area contributed by atoms with Gasteiger partial charge in [0.05, 0.1) is 11.4 Å². The van der Waals surface area contributed by atoms with Crippen molar-refractivity contribution in [1.82, 2.24) is 20.3 Å². The van der Waals surface area contributed by atoms with Crippen LogP contribution in [0.2, 0.25) is 0 Å². The SMILES string of the molecule is CN(Cc1ccon1)C(=O)N[C@H]1CCCN(C(=O)c2cccs2)C1. The van der Waals surface area contributed by atoms with Gasteiger partial charge in [-0.15, -0.1) is 11.3 Å². The molecule has 0 aromatic carbocycles. The number of amides is 3. The van der Waals surface area contributed by atoms with Crippen LogP contribution in [-0.2, 0) is 6.54 Å². The smallest absolute Gasteiger partial charge is 0.317 e. The van der Waals surface area contributed by atoms with E-state index in [-0.39, 0.29) is 18.0 Å². The summed E-state index contributed by atoms with van der Waals surface area (Å²) in [5, 5.41) is 8.70. The first-order valence-corrected chi connectivity index (χ1v) is 8.75. The lowest BCUT2D eigenvalue weighted by Gasteiger charge is -2.33. The van der Waals surface area contributed by atoms with E-state index in [2.05, 4.69) is 10.5 Å². The van der Waals surface area contributed by atoms with Crippen LogP contribution in [0.4, 0.5) is 4.79 Å². The Labute approximate surface area is 144 Å². The van der Waals surface area contributed by atoms with E-state index in [9.17, 15) is 9.59 Å². The highest BCUT2D eigenvalue weighted by Gasteiger charge is 2.26. The van der Waals surface area contributed by atoms with Gasteiger partial charge >= 0.3 is 6.03 Å². The Bertz CT molecular complexity index is 672. The van der Waals surface area contributed by atoms with E-state index in [4.69, 9.17) is 4.52 Å². The normalized spacial score (nSPS) is 17.5. The van der Waals surface area contributed by atoms with Crippen molar-refractivity contribution < 1.29 is 14.1 Å². The fourth-order valence-corrected chi connectivity index (χ4v) is 3.45. The molecule has 1 aliphatic rings. The van der Waals surface area contributed by atoms with E-state index in [1.807, 2.05) is 22.4 Å². The summed E-state index contributed by atoms with van der Waals surface area (Å²) >= 11 is 1.44. The molecule has 8 heteroatoms. The second kappa shape index (κ2) is 7.48. The Hall–Kier alpha value is -2.35. The Morgan fingerprint density at radius 3 is 3.08 bits per heavy atom. The third-order valence-electron chi connectivity index (χ3n) is 4.01. The first kappa shape index (κ1) is 16.5. The molecule has 128 valence electrons. The van der Waals surface area contributed by atoms with Gasteiger partial charge < -0.3 is 19.6 Å². The van der Waals surface area contributed by atoms with Gasteiger partial charge in [-0.2, -0.15) is 0 Å². The Morgan fingerprint density at radius 1 is 1.50 bits per heavy atom. The third-order valence-corrected chi connectivity index (χ3v) is 4.86. The number of nitrogens with zero attached hydrogens (tertiary/aromatic N) is 3. The maximum Gasteiger partial charge on any atom is 0.317 e. The molecule has 7 nitrogen and oxygen atoms in total. The Kier molecular flexibility index (Phi) is 5.14. The van der Waals surface area contributed by atoms with E-state index in [0.717, 1.165) is 24.3 Å². The molecule has 1 N–H and O–H groups in total. The van der Waals surface area contributed by atoms with E-state index in [1.54, 1.807) is 18.0 Å². The predicted molar refractivity (Wildman–Crippen MR) is 89.7 cm³/mol. The van der Waals surface area contributed by atoms with Crippen LogP contribution in [0.5, 0.6) is 0 Å². The van der Waals surface area contributed by atoms with Crippen LogP contribution in [0, 0.1) is 0 Å². The lowest BCUT2D eigenvalue weighted by Crippen LogP contribution is -2.52. The molecule has 1 fully saturated rings. The summed E-state index contributed by atoms with van der Waals surface area (Å²) in [6, 6.07) is 5.23. The molecule has 0 bridgehead atoms. The molecule has 24 heavy (non-hydrogen) atoms. The van der Waals surface area contributed by atoms with Crippen molar-refractivity contribution in [1.29, 1.82) is 0 Å². The van der Waals surface area contributed by atoms with Gasteiger partial charge in [0.2, 0.25) is 0 Å². The number of carbonyl (C=O) groups is 2. The van der Waals surface area contributed by atoms with E-state index in [0.29, 0.717) is 18.8 Å². The largest absolute Gasteiger partial charge is 0.364 e. The Balaban J connectivity index is 1.53. The van der Waals surface area contributed by atoms with Gasteiger partial charge in [0, 0.05) is 32.2 Å². The molecule has 0 saturated carbocycles. The fraction of sp³-hybridized carbons (Fsp3) is 0.438. The highest BCUT2D eigenvalue weighted by molar-refractivity contribution is 7.12. The maximum absolute atomic E-state index is 12.4. The average molecular weight is 348 g/mol. The number of rotatable bonds is 4. The zero-order valence-corrected chi connectivity index (χ0v) is 14.3. The average Bonchev–Trinajstić information content (AvgIpc) is 3.28. The number of aromatic nitrogens is 1. The molecule has 1 saturated heterocycles. The van der Waals surface area contributed by atoms with Crippen LogP contribution in [0.15, 0.2) is 34.4 Å². The van der Waals surface area contributed by atoms with Crippen LogP contribution in [0.3, 0.4) is 0 Å². The molecule has 0 unspecified atom stereocenters. The fourth-order valence-electron chi connectivity index (χ4n) is 2.75. The molecule has 1 aliphatic heterocycles. The number of urea groups is 1. The molecule has 0 radical (unpaired) electrons. The summed E-state index contributed by atoms with van der Waals surface area (Å²) < 4.78 is 4.77. The Morgan fingerprint density at radius 2 is 2.38 bits per heavy atom. The predicted octanol–water partition coefficient (Wildman–Crippen LogP) is 2.18. The number of hydrogen-bond acceptors (Lipinski definition) is 5. The second-order valence-electron chi connectivity index (χ2n) is 5.86. The van der Waals surface area contributed by atoms with Gasteiger partial charge in [0.25, 0.3) is 5.91 Å². The van der Waals surface area contributed by atoms with Crippen LogP contribution in [0.25, 0.3) is 0 Å². The maximum atomic E-state index is 12.4. The monoisotopic (exact) mass is 348 g/mol. The second-order valence-corrected chi connectivity index (χ2v) is 6.81. The first-order chi connectivity index (χ1) is 11.6. The minimum Gasteiger partial charge on any atom is -0.364 e. The van der Waals surface area contributed by atoms with E-state index >= 15 is 0 Å². The molecule has 3 amide bonds. The lowest BCUT2D eigenvalue weighted by molar-refractivity contribution is 0.0699. The van der Waals surface area contributed by atoms with Crippen LogP contribution >= 0.6 is 11.3 Å². The molecule has 1 atom stereocenters. The number of nitrogens with one attached hydrogen (secondary N) is 1. The van der Waals surface area contributed by atoms with Crippen molar-refractivity contribution in [2.45, 2.75) is 25.4 Å². The minimum atomic E-state index is -0.173. The quantitative estimate of drug-likeness (QED) is 0.918. The summed E-state index contributed by atoms with van der Waals surface area (Å²) in [5.74, 6) is 0.0416. The molecule has 2 aromatic rings. The summed E-state index contributed by atoms with van der Waals surface area (Å²) in [7, 11) is 1.71. The highest BCUT2D eigenvalue weighted by Crippen LogP contribution is 2.17. The van der Waals surface area contributed by atoms with Gasteiger partial charge in [-0.05, 0) is 24.3 Å². The minimum absolute atomic E-state index is 0.0325. The molecule has 3 heterocycles. The summed E-state index contributed by atoms with van der Waals surface area (Å²) in [5.41, 5.74) is 0.700. The zero-order chi connectivity index (χ0) is 16.9. The summed E-state index contributed by atoms with van der Waals surface area (Å²) in [6.45, 7) is 1.66. The van der Waals surface area contributed by atoms with Crippen molar-refractivity contribution in [2.24, 2.45) is 0 Å².